The number of hydrogen-bond donors (Lipinski definition) is 1. The summed E-state index contributed by atoms with van der Waals surface area (Å²) in [4.78, 5) is 16.8. The Kier molecular flexibility index (Phi) is 6.05. The van der Waals surface area contributed by atoms with E-state index in [0.29, 0.717) is 24.7 Å². The van der Waals surface area contributed by atoms with Crippen molar-refractivity contribution in [2.45, 2.75) is 37.6 Å². The van der Waals surface area contributed by atoms with Crippen LogP contribution >= 0.6 is 11.6 Å². The van der Waals surface area contributed by atoms with Gasteiger partial charge in [-0.3, -0.25) is 9.78 Å². The number of aromatic nitrogens is 1. The number of rotatable bonds is 6. The first kappa shape index (κ1) is 17.9. The molecule has 132 valence electrons. The highest BCUT2D eigenvalue weighted by Crippen LogP contribution is 2.33. The van der Waals surface area contributed by atoms with Crippen LogP contribution in [0.4, 0.5) is 0 Å². The van der Waals surface area contributed by atoms with E-state index < -0.39 is 0 Å². The Morgan fingerprint density at radius 2 is 1.92 bits per heavy atom. The predicted molar refractivity (Wildman–Crippen MR) is 98.5 cm³/mol. The van der Waals surface area contributed by atoms with E-state index in [1.54, 1.807) is 6.20 Å². The van der Waals surface area contributed by atoms with Gasteiger partial charge in [-0.15, -0.1) is 0 Å². The number of ether oxygens (including phenoxy) is 1. The van der Waals surface area contributed by atoms with Crippen molar-refractivity contribution in [2.24, 2.45) is 0 Å². The monoisotopic (exact) mass is 358 g/mol. The first-order valence-corrected chi connectivity index (χ1v) is 9.10. The minimum Gasteiger partial charge on any atom is -0.381 e. The molecule has 1 fully saturated rings. The van der Waals surface area contributed by atoms with Crippen LogP contribution in [0.2, 0.25) is 5.02 Å². The van der Waals surface area contributed by atoms with E-state index in [2.05, 4.69) is 10.3 Å². The largest absolute Gasteiger partial charge is 0.381 e. The first-order chi connectivity index (χ1) is 12.2. The number of nitrogens with zero attached hydrogens (tertiary/aromatic N) is 1. The normalized spacial score (nSPS) is 16.4. The molecule has 0 aliphatic carbocycles. The number of carbonyl (C=O) groups excluding carboxylic acids is 1. The van der Waals surface area contributed by atoms with Crippen LogP contribution in [0.1, 0.15) is 36.9 Å². The minimum absolute atomic E-state index is 0.0766. The van der Waals surface area contributed by atoms with Crippen LogP contribution in [0, 0.1) is 0 Å². The quantitative estimate of drug-likeness (QED) is 0.852. The lowest BCUT2D eigenvalue weighted by molar-refractivity contribution is -0.124. The molecule has 2 heterocycles. The van der Waals surface area contributed by atoms with Crippen molar-refractivity contribution in [1.29, 1.82) is 0 Å². The van der Waals surface area contributed by atoms with E-state index in [4.69, 9.17) is 16.3 Å². The Bertz CT molecular complexity index is 683. The van der Waals surface area contributed by atoms with E-state index in [9.17, 15) is 4.79 Å². The van der Waals surface area contributed by atoms with Crippen molar-refractivity contribution in [2.75, 3.05) is 13.2 Å². The van der Waals surface area contributed by atoms with Crippen molar-refractivity contribution in [1.82, 2.24) is 10.3 Å². The number of aryl methyl sites for hydroxylation is 1. The van der Waals surface area contributed by atoms with Crippen LogP contribution in [-0.4, -0.2) is 24.1 Å². The molecule has 1 aromatic heterocycles. The molecule has 0 radical (unpaired) electrons. The molecule has 0 bridgehead atoms. The summed E-state index contributed by atoms with van der Waals surface area (Å²) < 4.78 is 5.50. The Morgan fingerprint density at radius 3 is 2.60 bits per heavy atom. The summed E-state index contributed by atoms with van der Waals surface area (Å²) in [6, 6.07) is 13.6. The molecule has 1 aromatic carbocycles. The first-order valence-electron chi connectivity index (χ1n) is 8.73. The van der Waals surface area contributed by atoms with Gasteiger partial charge in [0.05, 0.1) is 5.54 Å². The number of pyridine rings is 1. The summed E-state index contributed by atoms with van der Waals surface area (Å²) in [5, 5.41) is 3.97. The molecule has 1 aliphatic rings. The van der Waals surface area contributed by atoms with Gasteiger partial charge < -0.3 is 10.1 Å². The number of carbonyl (C=O) groups is 1. The predicted octanol–water partition coefficient (Wildman–Crippen LogP) is 3.88. The fourth-order valence-corrected chi connectivity index (χ4v) is 3.41. The highest BCUT2D eigenvalue weighted by molar-refractivity contribution is 6.30. The molecule has 25 heavy (non-hydrogen) atoms. The zero-order valence-electron chi connectivity index (χ0n) is 14.2. The topological polar surface area (TPSA) is 51.2 Å². The van der Waals surface area contributed by atoms with Crippen molar-refractivity contribution in [3.8, 4) is 0 Å². The second kappa shape index (κ2) is 8.45. The summed E-state index contributed by atoms with van der Waals surface area (Å²) in [5.74, 6) is 0.0766. The van der Waals surface area contributed by atoms with Crippen LogP contribution in [0.5, 0.6) is 0 Å². The summed E-state index contributed by atoms with van der Waals surface area (Å²) in [7, 11) is 0. The van der Waals surface area contributed by atoms with E-state index in [-0.39, 0.29) is 11.4 Å². The third-order valence-electron chi connectivity index (χ3n) is 4.68. The average Bonchev–Trinajstić information content (AvgIpc) is 2.64. The third kappa shape index (κ3) is 4.80. The van der Waals surface area contributed by atoms with E-state index in [1.807, 2.05) is 42.5 Å². The molecule has 2 aromatic rings. The summed E-state index contributed by atoms with van der Waals surface area (Å²) in [6.07, 6.45) is 5.43. The molecule has 0 saturated carbocycles. The van der Waals surface area contributed by atoms with Gasteiger partial charge in [0.25, 0.3) is 0 Å². The lowest BCUT2D eigenvalue weighted by Crippen LogP contribution is -2.49. The SMILES string of the molecule is O=C(CCCc1ccccn1)NC1(c2ccc(Cl)cc2)CCOCC1. The molecule has 0 spiro atoms. The molecule has 0 unspecified atom stereocenters. The summed E-state index contributed by atoms with van der Waals surface area (Å²) in [6.45, 7) is 1.30. The highest BCUT2D eigenvalue weighted by Gasteiger charge is 2.35. The Labute approximate surface area is 153 Å². The Balaban J connectivity index is 1.62. The van der Waals surface area contributed by atoms with Crippen molar-refractivity contribution in [3.63, 3.8) is 0 Å². The molecule has 0 atom stereocenters. The second-order valence-corrected chi connectivity index (χ2v) is 6.86. The van der Waals surface area contributed by atoms with E-state index in [0.717, 1.165) is 36.9 Å². The average molecular weight is 359 g/mol. The Hall–Kier alpha value is -1.91. The number of amides is 1. The summed E-state index contributed by atoms with van der Waals surface area (Å²) in [5.41, 5.74) is 1.76. The zero-order valence-corrected chi connectivity index (χ0v) is 15.0. The smallest absolute Gasteiger partial charge is 0.220 e. The van der Waals surface area contributed by atoms with Crippen molar-refractivity contribution in [3.05, 3.63) is 64.9 Å². The lowest BCUT2D eigenvalue weighted by atomic mass is 9.82. The third-order valence-corrected chi connectivity index (χ3v) is 4.94. The van der Waals surface area contributed by atoms with Gasteiger partial charge >= 0.3 is 0 Å². The number of halogens is 1. The molecule has 1 amide bonds. The Morgan fingerprint density at radius 1 is 1.16 bits per heavy atom. The van der Waals surface area contributed by atoms with Crippen LogP contribution in [0.25, 0.3) is 0 Å². The van der Waals surface area contributed by atoms with Gasteiger partial charge in [-0.2, -0.15) is 0 Å². The van der Waals surface area contributed by atoms with Crippen LogP contribution in [-0.2, 0) is 21.5 Å². The van der Waals surface area contributed by atoms with Gasteiger partial charge in [0.1, 0.15) is 0 Å². The standard InChI is InChI=1S/C20H23ClN2O2/c21-17-9-7-16(8-10-17)20(11-14-25-15-12-20)23-19(24)6-3-5-18-4-1-2-13-22-18/h1-2,4,7-10,13H,3,5-6,11-12,14-15H2,(H,23,24). The maximum atomic E-state index is 12.5. The lowest BCUT2D eigenvalue weighted by Gasteiger charge is -2.38. The molecule has 3 rings (SSSR count). The van der Waals surface area contributed by atoms with Crippen molar-refractivity contribution < 1.29 is 9.53 Å². The van der Waals surface area contributed by atoms with Crippen LogP contribution < -0.4 is 5.32 Å². The molecule has 1 N–H and O–H groups in total. The maximum absolute atomic E-state index is 12.5. The zero-order chi connectivity index (χ0) is 17.5. The fraction of sp³-hybridized carbons (Fsp3) is 0.400. The molecule has 1 saturated heterocycles. The fourth-order valence-electron chi connectivity index (χ4n) is 3.28. The van der Waals surface area contributed by atoms with Gasteiger partial charge in [0.15, 0.2) is 0 Å². The van der Waals surface area contributed by atoms with Gasteiger partial charge in [-0.05, 0) is 55.5 Å². The second-order valence-electron chi connectivity index (χ2n) is 6.42. The van der Waals surface area contributed by atoms with Crippen LogP contribution in [0.15, 0.2) is 48.7 Å². The highest BCUT2D eigenvalue weighted by atomic mass is 35.5. The molecule has 5 heteroatoms. The number of benzene rings is 1. The van der Waals surface area contributed by atoms with Gasteiger partial charge in [-0.25, -0.2) is 0 Å². The van der Waals surface area contributed by atoms with Gasteiger partial charge in [0.2, 0.25) is 5.91 Å². The summed E-state index contributed by atoms with van der Waals surface area (Å²) >= 11 is 6.01. The maximum Gasteiger partial charge on any atom is 0.220 e. The van der Waals surface area contributed by atoms with Crippen molar-refractivity contribution >= 4 is 17.5 Å². The van der Waals surface area contributed by atoms with Crippen LogP contribution in [0.3, 0.4) is 0 Å². The van der Waals surface area contributed by atoms with E-state index >= 15 is 0 Å². The van der Waals surface area contributed by atoms with Gasteiger partial charge in [0, 0.05) is 36.5 Å². The van der Waals surface area contributed by atoms with E-state index in [1.165, 1.54) is 0 Å². The minimum atomic E-state index is -0.356. The molecule has 1 aliphatic heterocycles. The number of nitrogens with one attached hydrogen (secondary N) is 1. The molecule has 4 nitrogen and oxygen atoms in total. The molecular weight excluding hydrogens is 336 g/mol. The van der Waals surface area contributed by atoms with Gasteiger partial charge in [-0.1, -0.05) is 29.8 Å². The molecular formula is C20H23ClN2O2. The number of hydrogen-bond acceptors (Lipinski definition) is 3.